The van der Waals surface area contributed by atoms with Crippen LogP contribution in [0.5, 0.6) is 0 Å². The van der Waals surface area contributed by atoms with E-state index in [2.05, 4.69) is 0 Å². The number of fused-ring (bicyclic) bond motifs is 3. The Morgan fingerprint density at radius 1 is 0.769 bits per heavy atom. The summed E-state index contributed by atoms with van der Waals surface area (Å²) >= 11 is 0. The molecular formula is C12H20O. The predicted molar refractivity (Wildman–Crippen MR) is 52.3 cm³/mol. The van der Waals surface area contributed by atoms with Crippen molar-refractivity contribution in [2.75, 3.05) is 0 Å². The summed E-state index contributed by atoms with van der Waals surface area (Å²) in [7, 11) is 0. The lowest BCUT2D eigenvalue weighted by molar-refractivity contribution is -0.00595. The molecule has 0 heterocycles. The standard InChI is InChI=1S/C12H20O/c13-12-7-8-3-1-4-9(8)10-5-2-6-11(10)12/h8-13H,1-7H2/t8-,9+,10-,11-,12-/m0/s1. The molecule has 0 amide bonds. The molecule has 74 valence electrons. The average Bonchev–Trinajstić information content (AvgIpc) is 2.66. The summed E-state index contributed by atoms with van der Waals surface area (Å²) in [4.78, 5) is 0. The number of rotatable bonds is 0. The molecule has 1 heteroatoms. The first-order valence-corrected chi connectivity index (χ1v) is 6.04. The molecule has 3 aliphatic carbocycles. The zero-order chi connectivity index (χ0) is 8.84. The van der Waals surface area contributed by atoms with Gasteiger partial charge in [0, 0.05) is 0 Å². The lowest BCUT2D eigenvalue weighted by Crippen LogP contribution is -2.38. The third-order valence-electron chi connectivity index (χ3n) is 4.93. The van der Waals surface area contributed by atoms with Crippen LogP contribution in [-0.2, 0) is 0 Å². The monoisotopic (exact) mass is 180 g/mol. The van der Waals surface area contributed by atoms with Crippen LogP contribution in [0.3, 0.4) is 0 Å². The van der Waals surface area contributed by atoms with Gasteiger partial charge in [-0.1, -0.05) is 19.3 Å². The first-order chi connectivity index (χ1) is 6.36. The average molecular weight is 180 g/mol. The minimum absolute atomic E-state index is 0.0619. The highest BCUT2D eigenvalue weighted by Crippen LogP contribution is 2.53. The van der Waals surface area contributed by atoms with Crippen LogP contribution < -0.4 is 0 Å². The second-order valence-electron chi connectivity index (χ2n) is 5.42. The zero-order valence-electron chi connectivity index (χ0n) is 8.28. The maximum Gasteiger partial charge on any atom is 0.0573 e. The molecule has 1 nitrogen and oxygen atoms in total. The maximum absolute atomic E-state index is 10.0. The number of aliphatic hydroxyl groups is 1. The molecule has 1 N–H and O–H groups in total. The molecule has 13 heavy (non-hydrogen) atoms. The van der Waals surface area contributed by atoms with Crippen molar-refractivity contribution in [2.45, 2.75) is 51.0 Å². The summed E-state index contributed by atoms with van der Waals surface area (Å²) in [6.45, 7) is 0. The van der Waals surface area contributed by atoms with E-state index in [0.29, 0.717) is 5.92 Å². The van der Waals surface area contributed by atoms with Crippen LogP contribution >= 0.6 is 0 Å². The topological polar surface area (TPSA) is 20.2 Å². The molecular weight excluding hydrogens is 160 g/mol. The summed E-state index contributed by atoms with van der Waals surface area (Å²) in [6, 6.07) is 0. The summed E-state index contributed by atoms with van der Waals surface area (Å²) in [5, 5.41) is 10.0. The van der Waals surface area contributed by atoms with Crippen molar-refractivity contribution in [3.05, 3.63) is 0 Å². The smallest absolute Gasteiger partial charge is 0.0573 e. The van der Waals surface area contributed by atoms with Crippen LogP contribution in [0.1, 0.15) is 44.9 Å². The van der Waals surface area contributed by atoms with Gasteiger partial charge in [0.15, 0.2) is 0 Å². The van der Waals surface area contributed by atoms with E-state index >= 15 is 0 Å². The molecule has 0 aliphatic heterocycles. The fourth-order valence-electron chi connectivity index (χ4n) is 4.43. The Bertz CT molecular complexity index is 201. The van der Waals surface area contributed by atoms with Crippen molar-refractivity contribution in [3.63, 3.8) is 0 Å². The van der Waals surface area contributed by atoms with Crippen molar-refractivity contribution in [3.8, 4) is 0 Å². The summed E-state index contributed by atoms with van der Waals surface area (Å²) in [6.07, 6.45) is 9.63. The highest BCUT2D eigenvalue weighted by molar-refractivity contribution is 4.97. The first kappa shape index (κ1) is 8.28. The van der Waals surface area contributed by atoms with Gasteiger partial charge in [-0.3, -0.25) is 0 Å². The van der Waals surface area contributed by atoms with Gasteiger partial charge < -0.3 is 5.11 Å². The third-order valence-corrected chi connectivity index (χ3v) is 4.93. The molecule has 0 aromatic carbocycles. The van der Waals surface area contributed by atoms with E-state index < -0.39 is 0 Å². The normalized spacial score (nSPS) is 54.7. The fourth-order valence-corrected chi connectivity index (χ4v) is 4.43. The van der Waals surface area contributed by atoms with Crippen LogP contribution in [0, 0.1) is 23.7 Å². The van der Waals surface area contributed by atoms with E-state index in [9.17, 15) is 5.11 Å². The molecule has 0 radical (unpaired) electrons. The maximum atomic E-state index is 10.0. The van der Waals surface area contributed by atoms with Gasteiger partial charge in [0.05, 0.1) is 6.10 Å². The lowest BCUT2D eigenvalue weighted by Gasteiger charge is -2.39. The second kappa shape index (κ2) is 2.98. The molecule has 5 atom stereocenters. The Morgan fingerprint density at radius 3 is 2.38 bits per heavy atom. The minimum atomic E-state index is 0.0619. The van der Waals surface area contributed by atoms with Crippen molar-refractivity contribution in [1.29, 1.82) is 0 Å². The molecule has 0 unspecified atom stereocenters. The Balaban J connectivity index is 1.84. The highest BCUT2D eigenvalue weighted by atomic mass is 16.3. The molecule has 3 aliphatic rings. The molecule has 3 fully saturated rings. The molecule has 0 aromatic heterocycles. The van der Waals surface area contributed by atoms with Crippen LogP contribution in [0.4, 0.5) is 0 Å². The van der Waals surface area contributed by atoms with Gasteiger partial charge in [-0.15, -0.1) is 0 Å². The van der Waals surface area contributed by atoms with E-state index in [1.807, 2.05) is 0 Å². The van der Waals surface area contributed by atoms with Crippen LogP contribution in [0.15, 0.2) is 0 Å². The molecule has 0 bridgehead atoms. The zero-order valence-corrected chi connectivity index (χ0v) is 8.28. The Kier molecular flexibility index (Phi) is 1.90. The molecule has 3 saturated carbocycles. The minimum Gasteiger partial charge on any atom is -0.393 e. The summed E-state index contributed by atoms with van der Waals surface area (Å²) in [5.41, 5.74) is 0. The van der Waals surface area contributed by atoms with Crippen molar-refractivity contribution in [1.82, 2.24) is 0 Å². The molecule has 0 saturated heterocycles. The van der Waals surface area contributed by atoms with E-state index in [1.54, 1.807) is 0 Å². The third kappa shape index (κ3) is 1.16. The fraction of sp³-hybridized carbons (Fsp3) is 1.00. The van der Waals surface area contributed by atoms with Crippen molar-refractivity contribution in [2.24, 2.45) is 23.7 Å². The van der Waals surface area contributed by atoms with Gasteiger partial charge in [-0.2, -0.15) is 0 Å². The SMILES string of the molecule is O[C@H]1C[C@@H]2CCC[C@H]2[C@@H]2CCC[C@@H]21. The largest absolute Gasteiger partial charge is 0.393 e. The molecule has 0 aromatic rings. The van der Waals surface area contributed by atoms with Gasteiger partial charge in [0.25, 0.3) is 0 Å². The first-order valence-electron chi connectivity index (χ1n) is 6.04. The highest BCUT2D eigenvalue weighted by Gasteiger charge is 2.47. The van der Waals surface area contributed by atoms with Crippen molar-refractivity contribution >= 4 is 0 Å². The van der Waals surface area contributed by atoms with E-state index in [0.717, 1.165) is 24.2 Å². The van der Waals surface area contributed by atoms with E-state index in [-0.39, 0.29) is 6.10 Å². The van der Waals surface area contributed by atoms with Gasteiger partial charge in [-0.25, -0.2) is 0 Å². The molecule has 3 rings (SSSR count). The van der Waals surface area contributed by atoms with Crippen LogP contribution in [-0.4, -0.2) is 11.2 Å². The van der Waals surface area contributed by atoms with Gasteiger partial charge in [-0.05, 0) is 49.4 Å². The number of aliphatic hydroxyl groups excluding tert-OH is 1. The Morgan fingerprint density at radius 2 is 1.46 bits per heavy atom. The van der Waals surface area contributed by atoms with Crippen LogP contribution in [0.2, 0.25) is 0 Å². The predicted octanol–water partition coefficient (Wildman–Crippen LogP) is 2.58. The molecule has 0 spiro atoms. The number of hydrogen-bond donors (Lipinski definition) is 1. The Hall–Kier alpha value is -0.0400. The van der Waals surface area contributed by atoms with Gasteiger partial charge in [0.1, 0.15) is 0 Å². The van der Waals surface area contributed by atoms with Crippen molar-refractivity contribution < 1.29 is 5.11 Å². The number of hydrogen-bond acceptors (Lipinski definition) is 1. The second-order valence-corrected chi connectivity index (χ2v) is 5.42. The van der Waals surface area contributed by atoms with E-state index in [4.69, 9.17) is 0 Å². The quantitative estimate of drug-likeness (QED) is 0.607. The van der Waals surface area contributed by atoms with E-state index in [1.165, 1.54) is 38.5 Å². The summed E-state index contributed by atoms with van der Waals surface area (Å²) in [5.74, 6) is 3.51. The van der Waals surface area contributed by atoms with Gasteiger partial charge in [0.2, 0.25) is 0 Å². The lowest BCUT2D eigenvalue weighted by atomic mass is 9.68. The Labute approximate surface area is 80.5 Å². The van der Waals surface area contributed by atoms with Crippen LogP contribution in [0.25, 0.3) is 0 Å². The summed E-state index contributed by atoms with van der Waals surface area (Å²) < 4.78 is 0. The van der Waals surface area contributed by atoms with Gasteiger partial charge >= 0.3 is 0 Å².